The van der Waals surface area contributed by atoms with Gasteiger partial charge in [-0.1, -0.05) is 24.6 Å². The van der Waals surface area contributed by atoms with Crippen molar-refractivity contribution in [3.63, 3.8) is 0 Å². The summed E-state index contributed by atoms with van der Waals surface area (Å²) in [5, 5.41) is 6.48. The zero-order valence-corrected chi connectivity index (χ0v) is 17.3. The Balaban J connectivity index is 1.58. The Labute approximate surface area is 176 Å². The molecule has 0 radical (unpaired) electrons. The third-order valence-corrected chi connectivity index (χ3v) is 5.86. The van der Waals surface area contributed by atoms with Gasteiger partial charge in [-0.3, -0.25) is 9.59 Å². The average molecular weight is 412 g/mol. The van der Waals surface area contributed by atoms with E-state index in [1.807, 2.05) is 12.1 Å². The van der Waals surface area contributed by atoms with Gasteiger partial charge < -0.3 is 15.5 Å². The van der Waals surface area contributed by atoms with E-state index in [2.05, 4.69) is 22.5 Å². The van der Waals surface area contributed by atoms with Crippen LogP contribution >= 0.6 is 11.6 Å². The molecule has 1 saturated carbocycles. The van der Waals surface area contributed by atoms with Crippen molar-refractivity contribution in [2.45, 2.75) is 38.6 Å². The highest BCUT2D eigenvalue weighted by Gasteiger charge is 2.27. The number of rotatable bonds is 5. The fourth-order valence-electron chi connectivity index (χ4n) is 3.64. The van der Waals surface area contributed by atoms with Crippen molar-refractivity contribution in [1.29, 1.82) is 0 Å². The van der Waals surface area contributed by atoms with Crippen LogP contribution in [0.15, 0.2) is 42.5 Å². The van der Waals surface area contributed by atoms with Crippen LogP contribution in [0, 0.1) is 5.92 Å². The van der Waals surface area contributed by atoms with Gasteiger partial charge in [-0.25, -0.2) is 0 Å². The summed E-state index contributed by atoms with van der Waals surface area (Å²) < 4.78 is 0. The van der Waals surface area contributed by atoms with Gasteiger partial charge in [0.1, 0.15) is 0 Å². The monoisotopic (exact) mass is 411 g/mol. The van der Waals surface area contributed by atoms with E-state index in [9.17, 15) is 9.59 Å². The van der Waals surface area contributed by atoms with E-state index in [0.717, 1.165) is 44.5 Å². The Bertz CT molecular complexity index is 918. The molecule has 29 heavy (non-hydrogen) atoms. The minimum absolute atomic E-state index is 0.0695. The van der Waals surface area contributed by atoms with Gasteiger partial charge in [0.05, 0.1) is 5.56 Å². The predicted octanol–water partition coefficient (Wildman–Crippen LogP) is 4.72. The molecule has 5 nitrogen and oxygen atoms in total. The normalized spacial score (nSPS) is 17.1. The summed E-state index contributed by atoms with van der Waals surface area (Å²) in [6, 6.07) is 12.7. The number of carbonyl (C=O) groups excluding carboxylic acids is 2. The number of carbonyl (C=O) groups is 2. The Morgan fingerprint density at radius 1 is 1.00 bits per heavy atom. The summed E-state index contributed by atoms with van der Waals surface area (Å²) in [6.45, 7) is 4.16. The van der Waals surface area contributed by atoms with Crippen LogP contribution in [-0.2, 0) is 0 Å². The van der Waals surface area contributed by atoms with E-state index in [-0.39, 0.29) is 17.9 Å². The molecule has 2 fully saturated rings. The fourth-order valence-corrected chi connectivity index (χ4v) is 3.83. The summed E-state index contributed by atoms with van der Waals surface area (Å²) in [6.07, 6.45) is 4.31. The number of anilines is 2. The molecule has 4 rings (SSSR count). The van der Waals surface area contributed by atoms with Crippen molar-refractivity contribution in [2.75, 3.05) is 23.3 Å². The van der Waals surface area contributed by atoms with Gasteiger partial charge in [0.2, 0.25) is 0 Å². The molecule has 0 unspecified atom stereocenters. The highest BCUT2D eigenvalue weighted by Crippen LogP contribution is 2.30. The first kappa shape index (κ1) is 19.8. The van der Waals surface area contributed by atoms with E-state index >= 15 is 0 Å². The van der Waals surface area contributed by atoms with Crippen LogP contribution in [0.5, 0.6) is 0 Å². The smallest absolute Gasteiger partial charge is 0.255 e. The molecule has 1 saturated heterocycles. The van der Waals surface area contributed by atoms with E-state index < -0.39 is 0 Å². The van der Waals surface area contributed by atoms with E-state index in [4.69, 9.17) is 11.6 Å². The zero-order valence-electron chi connectivity index (χ0n) is 16.6. The molecule has 2 N–H and O–H groups in total. The zero-order chi connectivity index (χ0) is 20.4. The molecule has 1 heterocycles. The quantitative estimate of drug-likeness (QED) is 0.748. The maximum absolute atomic E-state index is 12.9. The van der Waals surface area contributed by atoms with Crippen LogP contribution in [0.3, 0.4) is 0 Å². The van der Waals surface area contributed by atoms with E-state index in [0.29, 0.717) is 27.8 Å². The minimum atomic E-state index is -0.249. The maximum atomic E-state index is 12.9. The molecule has 0 aromatic heterocycles. The first-order valence-electron chi connectivity index (χ1n) is 10.3. The third kappa shape index (κ3) is 4.91. The highest BCUT2D eigenvalue weighted by molar-refractivity contribution is 6.31. The van der Waals surface area contributed by atoms with Crippen LogP contribution in [0.1, 0.15) is 53.3 Å². The van der Waals surface area contributed by atoms with Gasteiger partial charge in [0.15, 0.2) is 0 Å². The molecular formula is C23H26ClN3O2. The molecule has 2 amide bonds. The number of amides is 2. The van der Waals surface area contributed by atoms with Crippen LogP contribution in [0.2, 0.25) is 5.02 Å². The number of piperidine rings is 1. The molecule has 2 aromatic rings. The van der Waals surface area contributed by atoms with Crippen molar-refractivity contribution in [1.82, 2.24) is 5.32 Å². The molecule has 0 bridgehead atoms. The number of nitrogens with one attached hydrogen (secondary N) is 2. The van der Waals surface area contributed by atoms with Crippen molar-refractivity contribution in [3.05, 3.63) is 58.6 Å². The second kappa shape index (κ2) is 8.46. The summed E-state index contributed by atoms with van der Waals surface area (Å²) in [5.41, 5.74) is 2.65. The fraction of sp³-hybridized carbons (Fsp3) is 0.391. The van der Waals surface area contributed by atoms with Crippen LogP contribution in [-0.4, -0.2) is 30.9 Å². The topological polar surface area (TPSA) is 61.4 Å². The minimum Gasteiger partial charge on any atom is -0.371 e. The Hall–Kier alpha value is -2.53. The lowest BCUT2D eigenvalue weighted by atomic mass is 9.97. The maximum Gasteiger partial charge on any atom is 0.255 e. The molecule has 1 aliphatic carbocycles. The van der Waals surface area contributed by atoms with Gasteiger partial charge in [0.25, 0.3) is 11.8 Å². The predicted molar refractivity (Wildman–Crippen MR) is 117 cm³/mol. The van der Waals surface area contributed by atoms with Gasteiger partial charge in [-0.05, 0) is 68.0 Å². The summed E-state index contributed by atoms with van der Waals surface area (Å²) in [7, 11) is 0. The lowest BCUT2D eigenvalue weighted by Gasteiger charge is -2.33. The van der Waals surface area contributed by atoms with Crippen molar-refractivity contribution in [2.24, 2.45) is 5.92 Å². The molecule has 2 aliphatic rings. The molecule has 0 spiro atoms. The van der Waals surface area contributed by atoms with Crippen molar-refractivity contribution < 1.29 is 9.59 Å². The van der Waals surface area contributed by atoms with Gasteiger partial charge >= 0.3 is 0 Å². The first-order valence-corrected chi connectivity index (χ1v) is 10.6. The molecule has 152 valence electrons. The Kier molecular flexibility index (Phi) is 5.76. The third-order valence-electron chi connectivity index (χ3n) is 5.62. The van der Waals surface area contributed by atoms with Crippen LogP contribution in [0.25, 0.3) is 0 Å². The van der Waals surface area contributed by atoms with E-state index in [1.54, 1.807) is 30.3 Å². The lowest BCUT2D eigenvalue weighted by Crippen LogP contribution is -2.35. The molecule has 1 aliphatic heterocycles. The molecule has 6 heteroatoms. The Morgan fingerprint density at radius 2 is 1.76 bits per heavy atom. The average Bonchev–Trinajstić information content (AvgIpc) is 3.52. The summed E-state index contributed by atoms with van der Waals surface area (Å²) in [5.74, 6) is 0.395. The second-order valence-electron chi connectivity index (χ2n) is 8.11. The highest BCUT2D eigenvalue weighted by atomic mass is 35.5. The van der Waals surface area contributed by atoms with Crippen molar-refractivity contribution >= 4 is 34.8 Å². The SMILES string of the molecule is CC1CCN(c2ccc(NC(=O)c3cccc(Cl)c3)cc2C(=O)NC2CC2)CC1. The summed E-state index contributed by atoms with van der Waals surface area (Å²) in [4.78, 5) is 27.8. The number of hydrogen-bond acceptors (Lipinski definition) is 3. The number of benzene rings is 2. The second-order valence-corrected chi connectivity index (χ2v) is 8.55. The first-order chi connectivity index (χ1) is 14.0. The standard InChI is InChI=1S/C23H26ClN3O2/c1-15-9-11-27(12-10-15)21-8-7-19(14-20(21)23(29)25-18-5-6-18)26-22(28)16-3-2-4-17(24)13-16/h2-4,7-8,13-15,18H,5-6,9-12H2,1H3,(H,25,29)(H,26,28). The Morgan fingerprint density at radius 3 is 2.45 bits per heavy atom. The van der Waals surface area contributed by atoms with E-state index in [1.165, 1.54) is 0 Å². The molecular weight excluding hydrogens is 386 g/mol. The van der Waals surface area contributed by atoms with Crippen LogP contribution < -0.4 is 15.5 Å². The van der Waals surface area contributed by atoms with Gasteiger partial charge in [0, 0.05) is 41.1 Å². The molecule has 0 atom stereocenters. The van der Waals surface area contributed by atoms with Crippen LogP contribution in [0.4, 0.5) is 11.4 Å². The number of halogens is 1. The number of nitrogens with zero attached hydrogens (tertiary/aromatic N) is 1. The van der Waals surface area contributed by atoms with Gasteiger partial charge in [-0.2, -0.15) is 0 Å². The lowest BCUT2D eigenvalue weighted by molar-refractivity contribution is 0.0950. The van der Waals surface area contributed by atoms with Gasteiger partial charge in [-0.15, -0.1) is 0 Å². The molecule has 2 aromatic carbocycles. The summed E-state index contributed by atoms with van der Waals surface area (Å²) >= 11 is 5.99. The largest absolute Gasteiger partial charge is 0.371 e. The van der Waals surface area contributed by atoms with Crippen molar-refractivity contribution in [3.8, 4) is 0 Å². The number of hydrogen-bond donors (Lipinski definition) is 2.